The Morgan fingerprint density at radius 2 is 1.75 bits per heavy atom. The van der Waals surface area contributed by atoms with Crippen molar-refractivity contribution in [3.63, 3.8) is 0 Å². The fourth-order valence-electron chi connectivity index (χ4n) is 2.64. The molecule has 0 aromatic heterocycles. The van der Waals surface area contributed by atoms with Crippen LogP contribution in [0.1, 0.15) is 80.6 Å². The van der Waals surface area contributed by atoms with Gasteiger partial charge in [0.15, 0.2) is 5.60 Å². The van der Waals surface area contributed by atoms with E-state index in [-0.39, 0.29) is 23.5 Å². The highest BCUT2D eigenvalue weighted by Crippen LogP contribution is 2.33. The number of nitrogens with one attached hydrogen (secondary N) is 1. The zero-order chi connectivity index (χ0) is 18.6. The van der Waals surface area contributed by atoms with Crippen LogP contribution in [0.4, 0.5) is 0 Å². The fraction of sp³-hybridized carbons (Fsp3) is 0.895. The summed E-state index contributed by atoms with van der Waals surface area (Å²) in [7, 11) is 0. The molecular weight excluding hydrogens is 302 g/mol. The predicted molar refractivity (Wildman–Crippen MR) is 96.0 cm³/mol. The van der Waals surface area contributed by atoms with E-state index in [1.165, 1.54) is 0 Å². The molecule has 0 saturated heterocycles. The zero-order valence-electron chi connectivity index (χ0n) is 16.5. The van der Waals surface area contributed by atoms with Gasteiger partial charge in [0.05, 0.1) is 6.07 Å². The Morgan fingerprint density at radius 1 is 1.21 bits per heavy atom. The van der Waals surface area contributed by atoms with Crippen LogP contribution in [0.25, 0.3) is 0 Å². The van der Waals surface area contributed by atoms with Gasteiger partial charge in [0.2, 0.25) is 5.91 Å². The van der Waals surface area contributed by atoms with E-state index >= 15 is 0 Å². The number of hydroxylamine groups is 2. The van der Waals surface area contributed by atoms with Crippen LogP contribution in [0.3, 0.4) is 0 Å². The van der Waals surface area contributed by atoms with Gasteiger partial charge in [0, 0.05) is 11.1 Å². The molecule has 0 unspecified atom stereocenters. The van der Waals surface area contributed by atoms with E-state index < -0.39 is 5.60 Å². The first kappa shape index (κ1) is 20.9. The highest BCUT2D eigenvalue weighted by Gasteiger charge is 2.39. The number of hydrogen-bond donors (Lipinski definition) is 1. The van der Waals surface area contributed by atoms with Crippen molar-refractivity contribution in [3.05, 3.63) is 0 Å². The third kappa shape index (κ3) is 5.75. The van der Waals surface area contributed by atoms with Crippen molar-refractivity contribution in [1.29, 1.82) is 5.26 Å². The van der Waals surface area contributed by atoms with Crippen LogP contribution in [0.15, 0.2) is 0 Å². The van der Waals surface area contributed by atoms with Gasteiger partial charge in [-0.1, -0.05) is 20.3 Å². The van der Waals surface area contributed by atoms with Crippen molar-refractivity contribution >= 4 is 5.91 Å². The molecule has 1 N–H and O–H groups in total. The summed E-state index contributed by atoms with van der Waals surface area (Å²) in [5.41, 5.74) is -1.43. The van der Waals surface area contributed by atoms with Crippen molar-refractivity contribution in [2.75, 3.05) is 6.54 Å². The van der Waals surface area contributed by atoms with Crippen LogP contribution in [0.2, 0.25) is 0 Å². The minimum atomic E-state index is -0.792. The van der Waals surface area contributed by atoms with Crippen LogP contribution in [0, 0.1) is 17.2 Å². The van der Waals surface area contributed by atoms with Gasteiger partial charge in [-0.3, -0.25) is 9.63 Å². The van der Waals surface area contributed by atoms with Crippen LogP contribution in [0.5, 0.6) is 0 Å². The standard InChI is InChI=1S/C19H35N3O2/c1-15(2)18(6,7)21-16(23)13-22(17(3,4)5)24-19(14-20)11-9-8-10-12-19/h15H,8-13H2,1-7H3,(H,21,23). The number of rotatable bonds is 6. The molecular formula is C19H35N3O2. The summed E-state index contributed by atoms with van der Waals surface area (Å²) in [5.74, 6) is 0.252. The van der Waals surface area contributed by atoms with Crippen molar-refractivity contribution in [3.8, 4) is 6.07 Å². The maximum Gasteiger partial charge on any atom is 0.237 e. The number of carbonyl (C=O) groups is 1. The van der Waals surface area contributed by atoms with Gasteiger partial charge in [-0.05, 0) is 66.2 Å². The zero-order valence-corrected chi connectivity index (χ0v) is 16.5. The first-order valence-corrected chi connectivity index (χ1v) is 9.11. The minimum absolute atomic E-state index is 0.0764. The van der Waals surface area contributed by atoms with Gasteiger partial charge in [0.1, 0.15) is 6.54 Å². The first-order chi connectivity index (χ1) is 10.9. The Kier molecular flexibility index (Phi) is 6.84. The molecule has 0 aromatic carbocycles. The minimum Gasteiger partial charge on any atom is -0.350 e. The van der Waals surface area contributed by atoms with Crippen molar-refractivity contribution < 1.29 is 9.63 Å². The van der Waals surface area contributed by atoms with E-state index in [1.54, 1.807) is 5.06 Å². The molecule has 1 saturated carbocycles. The molecule has 0 heterocycles. The molecule has 0 bridgehead atoms. The summed E-state index contributed by atoms with van der Waals surface area (Å²) < 4.78 is 0. The summed E-state index contributed by atoms with van der Waals surface area (Å²) in [4.78, 5) is 18.7. The van der Waals surface area contributed by atoms with Gasteiger partial charge in [-0.15, -0.1) is 0 Å². The molecule has 0 aliphatic heterocycles. The molecule has 1 rings (SSSR count). The van der Waals surface area contributed by atoms with E-state index in [1.807, 2.05) is 34.6 Å². The summed E-state index contributed by atoms with van der Waals surface area (Å²) in [6.07, 6.45) is 4.60. The lowest BCUT2D eigenvalue weighted by Gasteiger charge is -2.42. The van der Waals surface area contributed by atoms with Crippen LogP contribution >= 0.6 is 0 Å². The number of hydrogen-bond acceptors (Lipinski definition) is 4. The van der Waals surface area contributed by atoms with Crippen molar-refractivity contribution in [2.24, 2.45) is 5.92 Å². The largest absolute Gasteiger partial charge is 0.350 e. The second-order valence-corrected chi connectivity index (χ2v) is 8.89. The Hall–Kier alpha value is -1.12. The Labute approximate surface area is 147 Å². The van der Waals surface area contributed by atoms with Gasteiger partial charge in [0.25, 0.3) is 0 Å². The molecule has 1 aliphatic carbocycles. The monoisotopic (exact) mass is 337 g/mol. The van der Waals surface area contributed by atoms with Gasteiger partial charge in [-0.25, -0.2) is 0 Å². The molecule has 5 nitrogen and oxygen atoms in total. The predicted octanol–water partition coefficient (Wildman–Crippen LogP) is 3.80. The molecule has 0 atom stereocenters. The van der Waals surface area contributed by atoms with Gasteiger partial charge >= 0.3 is 0 Å². The summed E-state index contributed by atoms with van der Waals surface area (Å²) in [6, 6.07) is 2.36. The quantitative estimate of drug-likeness (QED) is 0.749. The Morgan fingerprint density at radius 3 is 2.17 bits per heavy atom. The van der Waals surface area contributed by atoms with Crippen molar-refractivity contribution in [2.45, 2.75) is 97.2 Å². The van der Waals surface area contributed by atoms with Crippen LogP contribution in [-0.4, -0.2) is 34.2 Å². The second-order valence-electron chi connectivity index (χ2n) is 8.89. The maximum absolute atomic E-state index is 12.5. The van der Waals surface area contributed by atoms with Gasteiger partial charge < -0.3 is 5.32 Å². The topological polar surface area (TPSA) is 65.4 Å². The molecule has 0 radical (unpaired) electrons. The molecule has 0 spiro atoms. The molecule has 0 aromatic rings. The molecule has 1 fully saturated rings. The van der Waals surface area contributed by atoms with Gasteiger partial charge in [-0.2, -0.15) is 10.3 Å². The SMILES string of the molecule is CC(C)C(C)(C)NC(=O)CN(OC1(C#N)CCCCC1)C(C)(C)C. The summed E-state index contributed by atoms with van der Waals surface area (Å²) in [6.45, 7) is 14.4. The molecule has 1 amide bonds. The van der Waals surface area contributed by atoms with E-state index in [4.69, 9.17) is 4.84 Å². The Balaban J connectivity index is 2.83. The number of nitriles is 1. The highest BCUT2D eigenvalue weighted by molar-refractivity contribution is 5.78. The molecule has 24 heavy (non-hydrogen) atoms. The number of nitrogens with zero attached hydrogens (tertiary/aromatic N) is 2. The number of carbonyl (C=O) groups excluding carboxylic acids is 1. The highest BCUT2D eigenvalue weighted by atomic mass is 16.7. The lowest BCUT2D eigenvalue weighted by atomic mass is 9.86. The van der Waals surface area contributed by atoms with E-state index in [0.29, 0.717) is 5.92 Å². The lowest BCUT2D eigenvalue weighted by molar-refractivity contribution is -0.269. The normalized spacial score (nSPS) is 18.5. The van der Waals surface area contributed by atoms with E-state index in [9.17, 15) is 10.1 Å². The molecule has 138 valence electrons. The fourth-order valence-corrected chi connectivity index (χ4v) is 2.64. The third-order valence-corrected chi connectivity index (χ3v) is 5.09. The number of amides is 1. The van der Waals surface area contributed by atoms with Crippen LogP contribution in [-0.2, 0) is 9.63 Å². The van der Waals surface area contributed by atoms with Crippen molar-refractivity contribution in [1.82, 2.24) is 10.4 Å². The Bertz CT molecular complexity index is 466. The average molecular weight is 338 g/mol. The maximum atomic E-state index is 12.5. The molecule has 1 aliphatic rings. The first-order valence-electron chi connectivity index (χ1n) is 9.11. The second kappa shape index (κ2) is 7.84. The average Bonchev–Trinajstić information content (AvgIpc) is 2.46. The smallest absolute Gasteiger partial charge is 0.237 e. The van der Waals surface area contributed by atoms with Crippen LogP contribution < -0.4 is 5.32 Å². The van der Waals surface area contributed by atoms with E-state index in [0.717, 1.165) is 32.1 Å². The summed E-state index contributed by atoms with van der Waals surface area (Å²) >= 11 is 0. The lowest BCUT2D eigenvalue weighted by Crippen LogP contribution is -2.55. The summed E-state index contributed by atoms with van der Waals surface area (Å²) in [5, 5.41) is 14.4. The third-order valence-electron chi connectivity index (χ3n) is 5.09. The molecule has 5 heteroatoms. The van der Waals surface area contributed by atoms with E-state index in [2.05, 4.69) is 25.2 Å².